The first-order chi connectivity index (χ1) is 8.15. The molecule has 0 aromatic carbocycles. The predicted octanol–water partition coefficient (Wildman–Crippen LogP) is 2.42. The Kier molecular flexibility index (Phi) is 6.01. The summed E-state index contributed by atoms with van der Waals surface area (Å²) in [6.07, 6.45) is 7.06. The molecule has 0 unspecified atom stereocenters. The van der Waals surface area contributed by atoms with Crippen LogP contribution in [0.4, 0.5) is 0 Å². The number of rotatable bonds is 6. The van der Waals surface area contributed by atoms with Crippen molar-refractivity contribution in [3.63, 3.8) is 0 Å². The topological polar surface area (TPSA) is 57.6 Å². The Morgan fingerprint density at radius 3 is 2.35 bits per heavy atom. The average Bonchev–Trinajstić information content (AvgIpc) is 2.30. The standard InChI is InChI=1S/C13H23NO3/c1-2-6-12(15)14(10-9-13(16)17)11-7-4-3-5-8-11/h11H,2-10H2,1H3,(H,16,17). The maximum Gasteiger partial charge on any atom is 0.305 e. The Morgan fingerprint density at radius 2 is 1.82 bits per heavy atom. The summed E-state index contributed by atoms with van der Waals surface area (Å²) in [5.74, 6) is -0.698. The Bertz CT molecular complexity index is 259. The van der Waals surface area contributed by atoms with Crippen LogP contribution in [0.1, 0.15) is 58.3 Å². The van der Waals surface area contributed by atoms with Crippen molar-refractivity contribution in [2.24, 2.45) is 0 Å². The minimum Gasteiger partial charge on any atom is -0.481 e. The number of carbonyl (C=O) groups excluding carboxylic acids is 1. The molecular formula is C13H23NO3. The van der Waals surface area contributed by atoms with Crippen molar-refractivity contribution >= 4 is 11.9 Å². The van der Waals surface area contributed by atoms with Crippen LogP contribution in [-0.2, 0) is 9.59 Å². The second-order valence-electron chi connectivity index (χ2n) is 4.77. The number of carboxylic acid groups (broad SMARTS) is 1. The zero-order chi connectivity index (χ0) is 12.7. The molecule has 4 heteroatoms. The molecule has 1 amide bonds. The summed E-state index contributed by atoms with van der Waals surface area (Å²) >= 11 is 0. The molecule has 0 saturated heterocycles. The molecule has 17 heavy (non-hydrogen) atoms. The zero-order valence-corrected chi connectivity index (χ0v) is 10.7. The highest BCUT2D eigenvalue weighted by Gasteiger charge is 2.24. The van der Waals surface area contributed by atoms with E-state index in [1.165, 1.54) is 6.42 Å². The van der Waals surface area contributed by atoms with E-state index >= 15 is 0 Å². The van der Waals surface area contributed by atoms with Crippen molar-refractivity contribution in [1.29, 1.82) is 0 Å². The SMILES string of the molecule is CCCC(=O)N(CCC(=O)O)C1CCCCC1. The van der Waals surface area contributed by atoms with Crippen molar-refractivity contribution in [3.8, 4) is 0 Å². The average molecular weight is 241 g/mol. The number of amides is 1. The molecule has 0 bridgehead atoms. The van der Waals surface area contributed by atoms with Gasteiger partial charge in [-0.05, 0) is 19.3 Å². The molecule has 0 aliphatic heterocycles. The Balaban J connectivity index is 2.56. The number of nitrogens with zero attached hydrogens (tertiary/aromatic N) is 1. The highest BCUT2D eigenvalue weighted by atomic mass is 16.4. The van der Waals surface area contributed by atoms with Gasteiger partial charge in [-0.3, -0.25) is 9.59 Å². The van der Waals surface area contributed by atoms with Crippen LogP contribution >= 0.6 is 0 Å². The fourth-order valence-corrected chi connectivity index (χ4v) is 2.48. The van der Waals surface area contributed by atoms with Gasteiger partial charge in [0.25, 0.3) is 0 Å². The van der Waals surface area contributed by atoms with Crippen LogP contribution in [0.3, 0.4) is 0 Å². The van der Waals surface area contributed by atoms with Gasteiger partial charge in [-0.25, -0.2) is 0 Å². The smallest absolute Gasteiger partial charge is 0.305 e. The predicted molar refractivity (Wildman–Crippen MR) is 65.7 cm³/mol. The van der Waals surface area contributed by atoms with Crippen molar-refractivity contribution in [1.82, 2.24) is 4.90 Å². The third-order valence-electron chi connectivity index (χ3n) is 3.37. The van der Waals surface area contributed by atoms with E-state index in [1.807, 2.05) is 11.8 Å². The molecule has 0 atom stereocenters. The minimum atomic E-state index is -0.824. The first-order valence-corrected chi connectivity index (χ1v) is 6.66. The number of carbonyl (C=O) groups is 2. The fourth-order valence-electron chi connectivity index (χ4n) is 2.48. The monoisotopic (exact) mass is 241 g/mol. The largest absolute Gasteiger partial charge is 0.481 e. The molecule has 1 aliphatic carbocycles. The van der Waals surface area contributed by atoms with Crippen LogP contribution < -0.4 is 0 Å². The molecule has 1 fully saturated rings. The maximum atomic E-state index is 12.0. The lowest BCUT2D eigenvalue weighted by molar-refractivity contribution is -0.139. The third-order valence-corrected chi connectivity index (χ3v) is 3.37. The summed E-state index contributed by atoms with van der Waals surface area (Å²) in [4.78, 5) is 24.4. The second kappa shape index (κ2) is 7.30. The Labute approximate surface area is 103 Å². The van der Waals surface area contributed by atoms with Gasteiger partial charge in [0.15, 0.2) is 0 Å². The molecule has 0 spiro atoms. The third kappa shape index (κ3) is 4.75. The van der Waals surface area contributed by atoms with Crippen LogP contribution in [0.25, 0.3) is 0 Å². The van der Waals surface area contributed by atoms with Gasteiger partial charge in [0.2, 0.25) is 5.91 Å². The van der Waals surface area contributed by atoms with Gasteiger partial charge in [-0.2, -0.15) is 0 Å². The van der Waals surface area contributed by atoms with Crippen molar-refractivity contribution in [2.45, 2.75) is 64.3 Å². The number of carboxylic acids is 1. The highest BCUT2D eigenvalue weighted by Crippen LogP contribution is 2.23. The van der Waals surface area contributed by atoms with E-state index in [4.69, 9.17) is 5.11 Å². The van der Waals surface area contributed by atoms with Crippen LogP contribution in [0.15, 0.2) is 0 Å². The van der Waals surface area contributed by atoms with Crippen molar-refractivity contribution < 1.29 is 14.7 Å². The normalized spacial score (nSPS) is 16.8. The van der Waals surface area contributed by atoms with Crippen molar-refractivity contribution in [3.05, 3.63) is 0 Å². The highest BCUT2D eigenvalue weighted by molar-refractivity contribution is 5.77. The van der Waals surface area contributed by atoms with Gasteiger partial charge >= 0.3 is 5.97 Å². The summed E-state index contributed by atoms with van der Waals surface area (Å²) in [6, 6.07) is 0.280. The molecule has 0 heterocycles. The Morgan fingerprint density at radius 1 is 1.18 bits per heavy atom. The van der Waals surface area contributed by atoms with Gasteiger partial charge in [0.05, 0.1) is 6.42 Å². The molecule has 0 radical (unpaired) electrons. The summed E-state index contributed by atoms with van der Waals surface area (Å²) in [5.41, 5.74) is 0. The van der Waals surface area contributed by atoms with Gasteiger partial charge in [-0.1, -0.05) is 26.2 Å². The van der Waals surface area contributed by atoms with E-state index in [0.717, 1.165) is 32.1 Å². The summed E-state index contributed by atoms with van der Waals surface area (Å²) in [6.45, 7) is 2.35. The maximum absolute atomic E-state index is 12.0. The molecule has 98 valence electrons. The first-order valence-electron chi connectivity index (χ1n) is 6.66. The van der Waals surface area contributed by atoms with Gasteiger partial charge in [0, 0.05) is 19.0 Å². The molecule has 1 N–H and O–H groups in total. The van der Waals surface area contributed by atoms with E-state index < -0.39 is 5.97 Å². The summed E-state index contributed by atoms with van der Waals surface area (Å²) in [7, 11) is 0. The van der Waals surface area contributed by atoms with Crippen LogP contribution in [0.2, 0.25) is 0 Å². The molecule has 1 saturated carbocycles. The first kappa shape index (κ1) is 14.0. The van der Waals surface area contributed by atoms with E-state index in [1.54, 1.807) is 0 Å². The quantitative estimate of drug-likeness (QED) is 0.777. The van der Waals surface area contributed by atoms with Gasteiger partial charge in [-0.15, -0.1) is 0 Å². The van der Waals surface area contributed by atoms with Gasteiger partial charge in [0.1, 0.15) is 0 Å². The van der Waals surface area contributed by atoms with E-state index in [0.29, 0.717) is 13.0 Å². The Hall–Kier alpha value is -1.06. The van der Waals surface area contributed by atoms with Crippen LogP contribution in [0, 0.1) is 0 Å². The van der Waals surface area contributed by atoms with Gasteiger partial charge < -0.3 is 10.0 Å². The number of aliphatic carboxylic acids is 1. The summed E-state index contributed by atoms with van der Waals surface area (Å²) < 4.78 is 0. The lowest BCUT2D eigenvalue weighted by Crippen LogP contribution is -2.42. The molecule has 0 aromatic heterocycles. The van der Waals surface area contributed by atoms with E-state index in [9.17, 15) is 9.59 Å². The molecular weight excluding hydrogens is 218 g/mol. The van der Waals surface area contributed by atoms with Crippen LogP contribution in [0.5, 0.6) is 0 Å². The lowest BCUT2D eigenvalue weighted by atomic mass is 9.93. The number of hydrogen-bond acceptors (Lipinski definition) is 2. The van der Waals surface area contributed by atoms with Crippen LogP contribution in [-0.4, -0.2) is 34.5 Å². The minimum absolute atomic E-state index is 0.0615. The molecule has 4 nitrogen and oxygen atoms in total. The summed E-state index contributed by atoms with van der Waals surface area (Å²) in [5, 5.41) is 8.73. The lowest BCUT2D eigenvalue weighted by Gasteiger charge is -2.34. The van der Waals surface area contributed by atoms with Crippen molar-refractivity contribution in [2.75, 3.05) is 6.54 Å². The molecule has 1 rings (SSSR count). The zero-order valence-electron chi connectivity index (χ0n) is 10.7. The van der Waals surface area contributed by atoms with E-state index in [-0.39, 0.29) is 18.4 Å². The molecule has 0 aromatic rings. The molecule has 1 aliphatic rings. The number of hydrogen-bond donors (Lipinski definition) is 1. The van der Waals surface area contributed by atoms with E-state index in [2.05, 4.69) is 0 Å². The fraction of sp³-hybridized carbons (Fsp3) is 0.846. The second-order valence-corrected chi connectivity index (χ2v) is 4.77.